The molecular weight excluding hydrogens is 432 g/mol. The van der Waals surface area contributed by atoms with Crippen LogP contribution in [0.15, 0.2) is 40.3 Å². The zero-order chi connectivity index (χ0) is 19.6. The highest BCUT2D eigenvalue weighted by Gasteiger charge is 2.43. The van der Waals surface area contributed by atoms with Gasteiger partial charge in [0, 0.05) is 10.4 Å². The number of halogens is 1. The lowest BCUT2D eigenvalue weighted by Gasteiger charge is -2.47. The van der Waals surface area contributed by atoms with Crippen LogP contribution in [0.1, 0.15) is 43.6 Å². The van der Waals surface area contributed by atoms with E-state index in [1.807, 2.05) is 6.07 Å². The van der Waals surface area contributed by atoms with E-state index in [0.717, 1.165) is 23.7 Å². The average Bonchev–Trinajstić information content (AvgIpc) is 2.61. The Hall–Kier alpha value is -2.11. The average molecular weight is 450 g/mol. The summed E-state index contributed by atoms with van der Waals surface area (Å²) < 4.78 is 12.0. The van der Waals surface area contributed by atoms with Gasteiger partial charge in [0.15, 0.2) is 5.79 Å². The molecule has 1 heterocycles. The summed E-state index contributed by atoms with van der Waals surface area (Å²) in [4.78, 5) is 12.7. The minimum absolute atomic E-state index is 0.100. The minimum Gasteiger partial charge on any atom is -0.574 e. The fraction of sp³-hybridized carbons (Fsp3) is 0.421. The Bertz CT molecular complexity index is 825. The summed E-state index contributed by atoms with van der Waals surface area (Å²) in [6, 6.07) is 8.92. The first-order valence-electron chi connectivity index (χ1n) is 8.65. The van der Waals surface area contributed by atoms with Crippen LogP contribution in [0.5, 0.6) is 0 Å². The van der Waals surface area contributed by atoms with Gasteiger partial charge in [-0.1, -0.05) is 46.7 Å². The van der Waals surface area contributed by atoms with E-state index in [2.05, 4.69) is 15.9 Å². The third-order valence-corrected chi connectivity index (χ3v) is 5.71. The van der Waals surface area contributed by atoms with Gasteiger partial charge in [-0.25, -0.2) is 4.79 Å². The number of hydrogen-bond donors (Lipinski definition) is 1. The fourth-order valence-corrected chi connectivity index (χ4v) is 4.05. The summed E-state index contributed by atoms with van der Waals surface area (Å²) in [6.45, 7) is 0. The SMILES string of the molecule is N#CC(C(N)=S)C(C1=C([O-])OC2(CCCCC2)OC1=O)c1ccc(Br)cc1. The summed E-state index contributed by atoms with van der Waals surface area (Å²) in [6.07, 6.45) is 3.61. The molecule has 2 aliphatic rings. The quantitative estimate of drug-likeness (QED) is 0.555. The van der Waals surface area contributed by atoms with Crippen molar-refractivity contribution in [1.82, 2.24) is 0 Å². The van der Waals surface area contributed by atoms with E-state index >= 15 is 0 Å². The first-order valence-corrected chi connectivity index (χ1v) is 9.85. The molecule has 0 aromatic heterocycles. The molecule has 1 aliphatic carbocycles. The van der Waals surface area contributed by atoms with Crippen molar-refractivity contribution in [3.05, 3.63) is 45.8 Å². The Morgan fingerprint density at radius 3 is 2.41 bits per heavy atom. The molecule has 1 aromatic carbocycles. The maximum atomic E-state index is 12.8. The number of benzene rings is 1. The third kappa shape index (κ3) is 3.94. The number of rotatable bonds is 4. The van der Waals surface area contributed by atoms with E-state index in [0.29, 0.717) is 18.4 Å². The molecule has 1 spiro atoms. The van der Waals surface area contributed by atoms with E-state index < -0.39 is 29.5 Å². The summed E-state index contributed by atoms with van der Waals surface area (Å²) in [5.41, 5.74) is 6.05. The topological polar surface area (TPSA) is 108 Å². The van der Waals surface area contributed by atoms with Crippen LogP contribution < -0.4 is 10.8 Å². The first-order chi connectivity index (χ1) is 12.9. The van der Waals surface area contributed by atoms with Gasteiger partial charge in [0.05, 0.1) is 22.6 Å². The van der Waals surface area contributed by atoms with Crippen molar-refractivity contribution in [2.75, 3.05) is 0 Å². The second-order valence-corrected chi connectivity index (χ2v) is 8.09. The number of nitrogens with two attached hydrogens (primary N) is 1. The molecule has 0 saturated heterocycles. The molecule has 2 unspecified atom stereocenters. The van der Waals surface area contributed by atoms with Gasteiger partial charge in [0.25, 0.3) is 0 Å². The number of ether oxygens (including phenoxy) is 2. The monoisotopic (exact) mass is 449 g/mol. The van der Waals surface area contributed by atoms with Gasteiger partial charge in [-0.3, -0.25) is 0 Å². The van der Waals surface area contributed by atoms with Crippen molar-refractivity contribution in [3.63, 3.8) is 0 Å². The molecule has 2 atom stereocenters. The highest BCUT2D eigenvalue weighted by molar-refractivity contribution is 9.10. The van der Waals surface area contributed by atoms with Crippen LogP contribution in [0.4, 0.5) is 0 Å². The van der Waals surface area contributed by atoms with Gasteiger partial charge in [0.2, 0.25) is 0 Å². The Morgan fingerprint density at radius 2 is 1.89 bits per heavy atom. The predicted molar refractivity (Wildman–Crippen MR) is 103 cm³/mol. The molecule has 8 heteroatoms. The second-order valence-electron chi connectivity index (χ2n) is 6.70. The molecule has 142 valence electrons. The van der Waals surface area contributed by atoms with Crippen LogP contribution in [0, 0.1) is 17.2 Å². The van der Waals surface area contributed by atoms with E-state index in [1.165, 1.54) is 0 Å². The zero-order valence-corrected chi connectivity index (χ0v) is 16.8. The van der Waals surface area contributed by atoms with Crippen LogP contribution in [-0.2, 0) is 14.3 Å². The molecular formula is C19H18BrN2O4S-. The maximum Gasteiger partial charge on any atom is 0.337 e. The molecule has 3 rings (SSSR count). The van der Waals surface area contributed by atoms with Gasteiger partial charge < -0.3 is 20.3 Å². The van der Waals surface area contributed by atoms with E-state index in [1.54, 1.807) is 24.3 Å². The Labute approximate surface area is 171 Å². The van der Waals surface area contributed by atoms with Crippen molar-refractivity contribution in [2.24, 2.45) is 11.7 Å². The molecule has 1 saturated carbocycles. The number of nitriles is 1. The number of hydrogen-bond acceptors (Lipinski definition) is 6. The summed E-state index contributed by atoms with van der Waals surface area (Å²) in [7, 11) is 0. The molecule has 0 amide bonds. The van der Waals surface area contributed by atoms with Gasteiger partial charge in [-0.05, 0) is 43.4 Å². The summed E-state index contributed by atoms with van der Waals surface area (Å²) in [5, 5.41) is 22.4. The van der Waals surface area contributed by atoms with E-state index in [9.17, 15) is 15.2 Å². The van der Waals surface area contributed by atoms with Crippen LogP contribution in [0.3, 0.4) is 0 Å². The minimum atomic E-state index is -1.19. The number of nitrogens with zero attached hydrogens (tertiary/aromatic N) is 1. The lowest BCUT2D eigenvalue weighted by atomic mass is 9.80. The zero-order valence-electron chi connectivity index (χ0n) is 14.4. The predicted octanol–water partition coefficient (Wildman–Crippen LogP) is 2.76. The van der Waals surface area contributed by atoms with Crippen LogP contribution in [0.25, 0.3) is 0 Å². The molecule has 1 fully saturated rings. The van der Waals surface area contributed by atoms with E-state index in [-0.39, 0.29) is 10.6 Å². The van der Waals surface area contributed by atoms with Gasteiger partial charge >= 0.3 is 5.97 Å². The Morgan fingerprint density at radius 1 is 1.26 bits per heavy atom. The normalized spacial score (nSPS) is 21.0. The van der Waals surface area contributed by atoms with Crippen LogP contribution >= 0.6 is 28.1 Å². The summed E-state index contributed by atoms with van der Waals surface area (Å²) >= 11 is 8.35. The number of carbonyl (C=O) groups is 1. The third-order valence-electron chi connectivity index (χ3n) is 4.93. The largest absolute Gasteiger partial charge is 0.574 e. The summed E-state index contributed by atoms with van der Waals surface area (Å²) in [5.74, 6) is -4.72. The molecule has 0 bridgehead atoms. The number of esters is 1. The Balaban J connectivity index is 2.07. The van der Waals surface area contributed by atoms with E-state index in [4.69, 9.17) is 27.4 Å². The fourth-order valence-electron chi connectivity index (χ4n) is 3.60. The van der Waals surface area contributed by atoms with Crippen LogP contribution in [0.2, 0.25) is 0 Å². The molecule has 27 heavy (non-hydrogen) atoms. The highest BCUT2D eigenvalue weighted by Crippen LogP contribution is 2.43. The first kappa shape index (κ1) is 19.6. The molecule has 6 nitrogen and oxygen atoms in total. The molecule has 1 aliphatic heterocycles. The van der Waals surface area contributed by atoms with Crippen molar-refractivity contribution < 1.29 is 19.4 Å². The Kier molecular flexibility index (Phi) is 5.72. The number of carbonyl (C=O) groups excluding carboxylic acids is 1. The number of thiocarbonyl (C=S) groups is 1. The van der Waals surface area contributed by atoms with Crippen LogP contribution in [-0.4, -0.2) is 16.7 Å². The molecule has 1 aromatic rings. The lowest BCUT2D eigenvalue weighted by Crippen LogP contribution is -2.47. The molecule has 0 radical (unpaired) electrons. The maximum absolute atomic E-state index is 12.8. The highest BCUT2D eigenvalue weighted by atomic mass is 79.9. The standard InChI is InChI=1S/C19H19BrN2O4S/c20-12-6-4-11(5-7-12)14(13(10-21)16(22)27)15-17(23)25-19(26-18(15)24)8-2-1-3-9-19/h4-7,13-14,23H,1-3,8-9H2,(H2,22,27)/p-1. The van der Waals surface area contributed by atoms with Gasteiger partial charge in [0.1, 0.15) is 5.92 Å². The van der Waals surface area contributed by atoms with Crippen molar-refractivity contribution >= 4 is 39.1 Å². The van der Waals surface area contributed by atoms with Gasteiger partial charge in [-0.15, -0.1) is 0 Å². The van der Waals surface area contributed by atoms with Gasteiger partial charge in [-0.2, -0.15) is 5.26 Å². The van der Waals surface area contributed by atoms with Crippen molar-refractivity contribution in [2.45, 2.75) is 43.8 Å². The molecule has 2 N–H and O–H groups in total. The second kappa shape index (κ2) is 7.87. The lowest BCUT2D eigenvalue weighted by molar-refractivity contribution is -0.402. The van der Waals surface area contributed by atoms with Crippen molar-refractivity contribution in [3.8, 4) is 6.07 Å². The van der Waals surface area contributed by atoms with Crippen molar-refractivity contribution in [1.29, 1.82) is 5.26 Å². The smallest absolute Gasteiger partial charge is 0.337 e.